The van der Waals surface area contributed by atoms with E-state index in [1.54, 1.807) is 13.0 Å². The molecule has 102 valence electrons. The molecule has 0 unspecified atom stereocenters. The molecule has 0 fully saturated rings. The van der Waals surface area contributed by atoms with Crippen LogP contribution >= 0.6 is 0 Å². The Kier molecular flexibility index (Phi) is 3.69. The van der Waals surface area contributed by atoms with Gasteiger partial charge in [0.1, 0.15) is 11.7 Å². The van der Waals surface area contributed by atoms with E-state index in [2.05, 4.69) is 15.2 Å². The summed E-state index contributed by atoms with van der Waals surface area (Å²) in [6.07, 6.45) is 2.02. The van der Waals surface area contributed by atoms with Gasteiger partial charge in [0.2, 0.25) is 0 Å². The molecule has 0 aliphatic heterocycles. The molecule has 0 bridgehead atoms. The SMILES string of the molecule is COC(=O)[C@@H]1C(=O)C=C(Nc2cc(C)on2)C[C@H]1C. The highest BCUT2D eigenvalue weighted by Gasteiger charge is 2.35. The number of ketones is 1. The van der Waals surface area contributed by atoms with Crippen LogP contribution in [0, 0.1) is 18.8 Å². The van der Waals surface area contributed by atoms with Crippen LogP contribution in [0.25, 0.3) is 0 Å². The Morgan fingerprint density at radius 2 is 2.32 bits per heavy atom. The Balaban J connectivity index is 2.13. The van der Waals surface area contributed by atoms with E-state index in [0.717, 1.165) is 5.70 Å². The molecule has 1 aliphatic carbocycles. The standard InChI is InChI=1S/C13H16N2O4/c1-7-4-9(14-11-5-8(2)19-15-11)6-10(16)12(7)13(17)18-3/h5-7,12H,4H2,1-3H3,(H,14,15)/t7-,12+/m1/s1. The predicted molar refractivity (Wildman–Crippen MR) is 67.2 cm³/mol. The van der Waals surface area contributed by atoms with E-state index in [0.29, 0.717) is 18.0 Å². The van der Waals surface area contributed by atoms with Gasteiger partial charge in [-0.3, -0.25) is 9.59 Å². The van der Waals surface area contributed by atoms with Crippen LogP contribution < -0.4 is 5.32 Å². The lowest BCUT2D eigenvalue weighted by molar-refractivity contribution is -0.150. The largest absolute Gasteiger partial charge is 0.468 e. The van der Waals surface area contributed by atoms with E-state index in [1.807, 2.05) is 6.92 Å². The summed E-state index contributed by atoms with van der Waals surface area (Å²) in [5.74, 6) is -0.306. The maximum absolute atomic E-state index is 11.9. The van der Waals surface area contributed by atoms with Crippen molar-refractivity contribution in [1.82, 2.24) is 5.16 Å². The molecule has 0 amide bonds. The van der Waals surface area contributed by atoms with Gasteiger partial charge in [-0.15, -0.1) is 0 Å². The van der Waals surface area contributed by atoms with E-state index < -0.39 is 11.9 Å². The van der Waals surface area contributed by atoms with Crippen LogP contribution in [0.3, 0.4) is 0 Å². The fraction of sp³-hybridized carbons (Fsp3) is 0.462. The molecular formula is C13H16N2O4. The van der Waals surface area contributed by atoms with Crippen LogP contribution in [0.15, 0.2) is 22.4 Å². The number of ether oxygens (including phenoxy) is 1. The first-order chi connectivity index (χ1) is 9.01. The summed E-state index contributed by atoms with van der Waals surface area (Å²) in [7, 11) is 1.29. The van der Waals surface area contributed by atoms with Crippen molar-refractivity contribution in [3.8, 4) is 0 Å². The average Bonchev–Trinajstić information content (AvgIpc) is 2.73. The van der Waals surface area contributed by atoms with E-state index in [-0.39, 0.29) is 11.7 Å². The van der Waals surface area contributed by atoms with Crippen molar-refractivity contribution in [3.05, 3.63) is 23.6 Å². The molecule has 1 aromatic heterocycles. The summed E-state index contributed by atoms with van der Waals surface area (Å²) in [5, 5.41) is 6.82. The number of aryl methyl sites for hydroxylation is 1. The minimum Gasteiger partial charge on any atom is -0.468 e. The van der Waals surface area contributed by atoms with Gasteiger partial charge in [0, 0.05) is 17.8 Å². The average molecular weight is 264 g/mol. The number of esters is 1. The van der Waals surface area contributed by atoms with Crippen LogP contribution in [0.1, 0.15) is 19.1 Å². The van der Waals surface area contributed by atoms with Gasteiger partial charge in [0.15, 0.2) is 11.6 Å². The summed E-state index contributed by atoms with van der Waals surface area (Å²) < 4.78 is 9.59. The van der Waals surface area contributed by atoms with Crippen LogP contribution in [-0.2, 0) is 14.3 Å². The molecule has 19 heavy (non-hydrogen) atoms. The molecule has 1 aromatic rings. The normalized spacial score (nSPS) is 22.9. The minimum atomic E-state index is -0.713. The highest BCUT2D eigenvalue weighted by atomic mass is 16.5. The molecule has 0 radical (unpaired) electrons. The Hall–Kier alpha value is -2.11. The summed E-state index contributed by atoms with van der Waals surface area (Å²) in [6, 6.07) is 1.74. The molecule has 0 saturated carbocycles. The smallest absolute Gasteiger partial charge is 0.316 e. The molecule has 2 atom stereocenters. The van der Waals surface area contributed by atoms with Crippen molar-refractivity contribution < 1.29 is 18.8 Å². The van der Waals surface area contributed by atoms with Gasteiger partial charge in [-0.05, 0) is 19.3 Å². The highest BCUT2D eigenvalue weighted by Crippen LogP contribution is 2.28. The Morgan fingerprint density at radius 3 is 2.84 bits per heavy atom. The number of aromatic nitrogens is 1. The van der Waals surface area contributed by atoms with E-state index >= 15 is 0 Å². The van der Waals surface area contributed by atoms with Gasteiger partial charge in [-0.1, -0.05) is 12.1 Å². The van der Waals surface area contributed by atoms with Crippen molar-refractivity contribution in [1.29, 1.82) is 0 Å². The zero-order chi connectivity index (χ0) is 14.0. The van der Waals surface area contributed by atoms with Gasteiger partial charge in [-0.25, -0.2) is 0 Å². The number of hydrogen-bond donors (Lipinski definition) is 1. The number of carbonyl (C=O) groups excluding carboxylic acids is 2. The third-order valence-electron chi connectivity index (χ3n) is 3.11. The van der Waals surface area contributed by atoms with Gasteiger partial charge in [0.05, 0.1) is 7.11 Å². The Labute approximate surface area is 110 Å². The summed E-state index contributed by atoms with van der Waals surface area (Å²) in [5.41, 5.74) is 0.728. The van der Waals surface area contributed by atoms with Gasteiger partial charge < -0.3 is 14.6 Å². The number of anilines is 1. The molecule has 1 aliphatic rings. The van der Waals surface area contributed by atoms with Crippen LogP contribution in [0.4, 0.5) is 5.82 Å². The molecule has 6 nitrogen and oxygen atoms in total. The third-order valence-corrected chi connectivity index (χ3v) is 3.11. The predicted octanol–water partition coefficient (Wildman–Crippen LogP) is 1.68. The molecule has 1 N–H and O–H groups in total. The lowest BCUT2D eigenvalue weighted by Gasteiger charge is -2.25. The first-order valence-electron chi connectivity index (χ1n) is 6.04. The van der Waals surface area contributed by atoms with Gasteiger partial charge in [0.25, 0.3) is 0 Å². The zero-order valence-corrected chi connectivity index (χ0v) is 11.1. The second-order valence-corrected chi connectivity index (χ2v) is 4.70. The van der Waals surface area contributed by atoms with Crippen molar-refractivity contribution in [2.45, 2.75) is 20.3 Å². The van der Waals surface area contributed by atoms with Crippen LogP contribution in [0.2, 0.25) is 0 Å². The first kappa shape index (κ1) is 13.3. The number of hydrogen-bond acceptors (Lipinski definition) is 6. The number of carbonyl (C=O) groups is 2. The second-order valence-electron chi connectivity index (χ2n) is 4.70. The minimum absolute atomic E-state index is 0.111. The number of nitrogens with zero attached hydrogens (tertiary/aromatic N) is 1. The molecule has 6 heteroatoms. The molecule has 0 spiro atoms. The summed E-state index contributed by atoms with van der Waals surface area (Å²) >= 11 is 0. The Bertz CT molecular complexity index is 533. The van der Waals surface area contributed by atoms with E-state index in [9.17, 15) is 9.59 Å². The van der Waals surface area contributed by atoms with Crippen molar-refractivity contribution in [3.63, 3.8) is 0 Å². The fourth-order valence-corrected chi connectivity index (χ4v) is 2.22. The van der Waals surface area contributed by atoms with Crippen molar-refractivity contribution in [2.24, 2.45) is 11.8 Å². The highest BCUT2D eigenvalue weighted by molar-refractivity contribution is 6.06. The molecular weight excluding hydrogens is 248 g/mol. The fourth-order valence-electron chi connectivity index (χ4n) is 2.22. The summed E-state index contributed by atoms with van der Waals surface area (Å²) in [6.45, 7) is 3.64. The number of nitrogens with one attached hydrogen (secondary N) is 1. The molecule has 0 saturated heterocycles. The maximum Gasteiger partial charge on any atom is 0.316 e. The number of rotatable bonds is 3. The molecule has 1 heterocycles. The third kappa shape index (κ3) is 2.83. The van der Waals surface area contributed by atoms with Crippen molar-refractivity contribution >= 4 is 17.6 Å². The van der Waals surface area contributed by atoms with Crippen LogP contribution in [-0.4, -0.2) is 24.0 Å². The lowest BCUT2D eigenvalue weighted by Crippen LogP contribution is -2.34. The van der Waals surface area contributed by atoms with Crippen LogP contribution in [0.5, 0.6) is 0 Å². The first-order valence-corrected chi connectivity index (χ1v) is 6.04. The van der Waals surface area contributed by atoms with E-state index in [4.69, 9.17) is 4.52 Å². The van der Waals surface area contributed by atoms with E-state index in [1.165, 1.54) is 13.2 Å². The molecule has 0 aromatic carbocycles. The quantitative estimate of drug-likeness (QED) is 0.660. The second kappa shape index (κ2) is 5.26. The van der Waals surface area contributed by atoms with Crippen molar-refractivity contribution in [2.75, 3.05) is 12.4 Å². The van der Waals surface area contributed by atoms with Gasteiger partial charge in [-0.2, -0.15) is 0 Å². The number of allylic oxidation sites excluding steroid dienone is 2. The number of methoxy groups -OCH3 is 1. The Morgan fingerprint density at radius 1 is 1.58 bits per heavy atom. The topological polar surface area (TPSA) is 81.4 Å². The van der Waals surface area contributed by atoms with Gasteiger partial charge >= 0.3 is 5.97 Å². The maximum atomic E-state index is 11.9. The zero-order valence-electron chi connectivity index (χ0n) is 11.1. The molecule has 2 rings (SSSR count). The monoisotopic (exact) mass is 264 g/mol. The summed E-state index contributed by atoms with van der Waals surface area (Å²) in [4.78, 5) is 23.5. The lowest BCUT2D eigenvalue weighted by atomic mass is 9.82.